The standard InChI is InChI=1S/C14H9BrClNS/c15-8-9-4-5-12-13(6-9)18-14(17-12)10-2-1-3-11(16)7-10/h1-7H,8H2. The second kappa shape index (κ2) is 5.00. The van der Waals surface area contributed by atoms with Crippen molar-refractivity contribution in [1.82, 2.24) is 4.98 Å². The maximum Gasteiger partial charge on any atom is 0.124 e. The molecular formula is C14H9BrClNS. The number of fused-ring (bicyclic) bond motifs is 1. The summed E-state index contributed by atoms with van der Waals surface area (Å²) in [6.07, 6.45) is 0. The number of rotatable bonds is 2. The fourth-order valence-corrected chi connectivity index (χ4v) is 3.36. The summed E-state index contributed by atoms with van der Waals surface area (Å²) in [4.78, 5) is 4.64. The van der Waals surface area contributed by atoms with Gasteiger partial charge in [-0.15, -0.1) is 11.3 Å². The van der Waals surface area contributed by atoms with E-state index in [1.807, 2.05) is 24.3 Å². The topological polar surface area (TPSA) is 12.9 Å². The van der Waals surface area contributed by atoms with E-state index in [1.165, 1.54) is 10.3 Å². The first-order valence-electron chi connectivity index (χ1n) is 5.47. The van der Waals surface area contributed by atoms with Crippen LogP contribution < -0.4 is 0 Å². The molecule has 3 rings (SSSR count). The van der Waals surface area contributed by atoms with Gasteiger partial charge in [-0.05, 0) is 29.8 Å². The molecule has 0 amide bonds. The van der Waals surface area contributed by atoms with E-state index in [4.69, 9.17) is 11.6 Å². The zero-order valence-corrected chi connectivity index (χ0v) is 12.5. The molecule has 2 aromatic carbocycles. The Bertz CT molecular complexity index is 708. The SMILES string of the molecule is Clc1cccc(-c2nc3ccc(CBr)cc3s2)c1. The van der Waals surface area contributed by atoms with Gasteiger partial charge in [-0.1, -0.05) is 45.7 Å². The summed E-state index contributed by atoms with van der Waals surface area (Å²) in [5, 5.41) is 2.62. The number of hydrogen-bond donors (Lipinski definition) is 0. The summed E-state index contributed by atoms with van der Waals surface area (Å²) in [5.74, 6) is 0. The van der Waals surface area contributed by atoms with Crippen LogP contribution in [0.1, 0.15) is 5.56 Å². The van der Waals surface area contributed by atoms with Gasteiger partial charge in [0.1, 0.15) is 5.01 Å². The largest absolute Gasteiger partial charge is 0.236 e. The third-order valence-corrected chi connectivity index (χ3v) is 4.63. The lowest BCUT2D eigenvalue weighted by Crippen LogP contribution is -1.76. The van der Waals surface area contributed by atoms with E-state index in [1.54, 1.807) is 11.3 Å². The third kappa shape index (κ3) is 2.30. The molecular weight excluding hydrogens is 330 g/mol. The molecule has 4 heteroatoms. The highest BCUT2D eigenvalue weighted by molar-refractivity contribution is 9.08. The molecule has 0 spiro atoms. The Hall–Kier alpha value is -0.900. The van der Waals surface area contributed by atoms with Crippen LogP contribution in [0, 0.1) is 0 Å². The summed E-state index contributed by atoms with van der Waals surface area (Å²) in [6, 6.07) is 14.2. The molecule has 1 heterocycles. The zero-order valence-electron chi connectivity index (χ0n) is 9.36. The van der Waals surface area contributed by atoms with Gasteiger partial charge in [-0.2, -0.15) is 0 Å². The Kier molecular flexibility index (Phi) is 3.37. The van der Waals surface area contributed by atoms with E-state index >= 15 is 0 Å². The van der Waals surface area contributed by atoms with Crippen molar-refractivity contribution in [2.45, 2.75) is 5.33 Å². The van der Waals surface area contributed by atoms with E-state index in [0.29, 0.717) is 0 Å². The number of thiazole rings is 1. The summed E-state index contributed by atoms with van der Waals surface area (Å²) in [6.45, 7) is 0. The lowest BCUT2D eigenvalue weighted by molar-refractivity contribution is 1.44. The monoisotopic (exact) mass is 337 g/mol. The van der Waals surface area contributed by atoms with Gasteiger partial charge in [0.15, 0.2) is 0 Å². The number of aromatic nitrogens is 1. The second-order valence-corrected chi connectivity index (χ2v) is 5.99. The van der Waals surface area contributed by atoms with Gasteiger partial charge in [0.2, 0.25) is 0 Å². The predicted octanol–water partition coefficient (Wildman–Crippen LogP) is 5.51. The quantitative estimate of drug-likeness (QED) is 0.561. The number of halogens is 2. The molecule has 0 N–H and O–H groups in total. The molecule has 0 saturated heterocycles. The van der Waals surface area contributed by atoms with E-state index in [0.717, 1.165) is 26.4 Å². The minimum Gasteiger partial charge on any atom is -0.236 e. The Morgan fingerprint density at radius 1 is 1.17 bits per heavy atom. The number of alkyl halides is 1. The number of hydrogen-bond acceptors (Lipinski definition) is 2. The van der Waals surface area contributed by atoms with Gasteiger partial charge in [-0.25, -0.2) is 4.98 Å². The van der Waals surface area contributed by atoms with E-state index < -0.39 is 0 Å². The van der Waals surface area contributed by atoms with Crippen LogP contribution >= 0.6 is 38.9 Å². The Morgan fingerprint density at radius 3 is 2.83 bits per heavy atom. The average molecular weight is 339 g/mol. The fraction of sp³-hybridized carbons (Fsp3) is 0.0714. The third-order valence-electron chi connectivity index (χ3n) is 2.68. The van der Waals surface area contributed by atoms with Crippen molar-refractivity contribution in [3.8, 4) is 10.6 Å². The maximum absolute atomic E-state index is 6.01. The highest BCUT2D eigenvalue weighted by atomic mass is 79.9. The average Bonchev–Trinajstić information content (AvgIpc) is 2.81. The predicted molar refractivity (Wildman–Crippen MR) is 82.7 cm³/mol. The molecule has 0 radical (unpaired) electrons. The molecule has 0 unspecified atom stereocenters. The summed E-state index contributed by atoms with van der Waals surface area (Å²) < 4.78 is 1.21. The molecule has 1 nitrogen and oxygen atoms in total. The Labute approximate surface area is 123 Å². The Morgan fingerprint density at radius 2 is 2.06 bits per heavy atom. The van der Waals surface area contributed by atoms with Crippen molar-refractivity contribution in [1.29, 1.82) is 0 Å². The van der Waals surface area contributed by atoms with Gasteiger partial charge in [0, 0.05) is 15.9 Å². The highest BCUT2D eigenvalue weighted by Gasteiger charge is 2.07. The van der Waals surface area contributed by atoms with Crippen molar-refractivity contribution >= 4 is 49.1 Å². The molecule has 0 saturated carbocycles. The summed E-state index contributed by atoms with van der Waals surface area (Å²) in [7, 11) is 0. The van der Waals surface area contributed by atoms with Crippen LogP contribution in [0.2, 0.25) is 5.02 Å². The molecule has 0 aliphatic heterocycles. The van der Waals surface area contributed by atoms with Gasteiger partial charge < -0.3 is 0 Å². The van der Waals surface area contributed by atoms with Crippen molar-refractivity contribution in [3.63, 3.8) is 0 Å². The highest BCUT2D eigenvalue weighted by Crippen LogP contribution is 2.32. The van der Waals surface area contributed by atoms with Crippen LogP contribution in [0.3, 0.4) is 0 Å². The fourth-order valence-electron chi connectivity index (χ4n) is 1.80. The van der Waals surface area contributed by atoms with E-state index in [9.17, 15) is 0 Å². The van der Waals surface area contributed by atoms with Crippen molar-refractivity contribution in [2.24, 2.45) is 0 Å². The van der Waals surface area contributed by atoms with Crippen LogP contribution in [0.15, 0.2) is 42.5 Å². The van der Waals surface area contributed by atoms with Crippen LogP contribution in [0.25, 0.3) is 20.8 Å². The van der Waals surface area contributed by atoms with Crippen molar-refractivity contribution in [2.75, 3.05) is 0 Å². The van der Waals surface area contributed by atoms with E-state index in [2.05, 4.69) is 39.1 Å². The van der Waals surface area contributed by atoms with Crippen molar-refractivity contribution < 1.29 is 0 Å². The lowest BCUT2D eigenvalue weighted by atomic mass is 10.2. The molecule has 0 fully saturated rings. The molecule has 0 aliphatic carbocycles. The van der Waals surface area contributed by atoms with Crippen LogP contribution in [-0.2, 0) is 5.33 Å². The molecule has 1 aromatic heterocycles. The summed E-state index contributed by atoms with van der Waals surface area (Å²) in [5.41, 5.74) is 3.38. The van der Waals surface area contributed by atoms with Crippen LogP contribution in [-0.4, -0.2) is 4.98 Å². The van der Waals surface area contributed by atoms with Gasteiger partial charge in [0.25, 0.3) is 0 Å². The minimum absolute atomic E-state index is 0.743. The van der Waals surface area contributed by atoms with Crippen LogP contribution in [0.5, 0.6) is 0 Å². The smallest absolute Gasteiger partial charge is 0.124 e. The first-order valence-corrected chi connectivity index (χ1v) is 7.79. The van der Waals surface area contributed by atoms with Crippen molar-refractivity contribution in [3.05, 3.63) is 53.1 Å². The summed E-state index contributed by atoms with van der Waals surface area (Å²) >= 11 is 11.2. The molecule has 0 bridgehead atoms. The van der Waals surface area contributed by atoms with Gasteiger partial charge in [-0.3, -0.25) is 0 Å². The first-order chi connectivity index (χ1) is 8.76. The Balaban J connectivity index is 2.13. The molecule has 0 aliphatic rings. The normalized spacial score (nSPS) is 11.0. The molecule has 3 aromatic rings. The van der Waals surface area contributed by atoms with Gasteiger partial charge >= 0.3 is 0 Å². The lowest BCUT2D eigenvalue weighted by Gasteiger charge is -1.95. The van der Waals surface area contributed by atoms with Crippen LogP contribution in [0.4, 0.5) is 0 Å². The molecule has 90 valence electrons. The minimum atomic E-state index is 0.743. The number of nitrogens with zero attached hydrogens (tertiary/aromatic N) is 1. The molecule has 18 heavy (non-hydrogen) atoms. The van der Waals surface area contributed by atoms with E-state index in [-0.39, 0.29) is 0 Å². The van der Waals surface area contributed by atoms with Gasteiger partial charge in [0.05, 0.1) is 10.2 Å². The maximum atomic E-state index is 6.01. The first kappa shape index (κ1) is 12.2. The number of benzene rings is 2. The zero-order chi connectivity index (χ0) is 12.5. The molecule has 0 atom stereocenters. The second-order valence-electron chi connectivity index (χ2n) is 3.97.